The fraction of sp³-hybridized carbons (Fsp3) is 0.538. The first-order valence-electron chi connectivity index (χ1n) is 6.25. The molecule has 1 aromatic carbocycles. The molecule has 0 unspecified atom stereocenters. The van der Waals surface area contributed by atoms with Gasteiger partial charge in [0.1, 0.15) is 5.82 Å². The molecule has 1 saturated carbocycles. The summed E-state index contributed by atoms with van der Waals surface area (Å²) in [6, 6.07) is 3.28. The minimum absolute atomic E-state index is 0.0903. The van der Waals surface area contributed by atoms with Gasteiger partial charge < -0.3 is 15.7 Å². The molecular weight excluding hydrogens is 255 g/mol. The van der Waals surface area contributed by atoms with E-state index in [1.165, 1.54) is 12.5 Å². The third-order valence-electron chi connectivity index (χ3n) is 3.45. The predicted molar refractivity (Wildman–Crippen MR) is 72.5 cm³/mol. The maximum atomic E-state index is 13.3. The van der Waals surface area contributed by atoms with Crippen LogP contribution in [0.3, 0.4) is 0 Å². The lowest BCUT2D eigenvalue weighted by Crippen LogP contribution is -2.41. The third-order valence-corrected chi connectivity index (χ3v) is 3.74. The van der Waals surface area contributed by atoms with Crippen LogP contribution in [0.25, 0.3) is 0 Å². The van der Waals surface area contributed by atoms with E-state index >= 15 is 0 Å². The van der Waals surface area contributed by atoms with Crippen molar-refractivity contribution in [1.29, 1.82) is 0 Å². The molecule has 1 aliphatic rings. The van der Waals surface area contributed by atoms with Gasteiger partial charge >= 0.3 is 0 Å². The Morgan fingerprint density at radius 1 is 1.44 bits per heavy atom. The normalized spacial score (nSPS) is 15.5. The van der Waals surface area contributed by atoms with Crippen LogP contribution < -0.4 is 10.6 Å². The molecule has 0 atom stereocenters. The molecule has 0 bridgehead atoms. The van der Waals surface area contributed by atoms with Gasteiger partial charge in [-0.25, -0.2) is 4.39 Å². The van der Waals surface area contributed by atoms with Crippen LogP contribution in [0.15, 0.2) is 12.1 Å². The Hall–Kier alpha value is -1.00. The molecule has 3 nitrogen and oxygen atoms in total. The van der Waals surface area contributed by atoms with Crippen LogP contribution in [0.5, 0.6) is 0 Å². The van der Waals surface area contributed by atoms with Gasteiger partial charge in [-0.05, 0) is 31.7 Å². The maximum absolute atomic E-state index is 13.3. The van der Waals surface area contributed by atoms with Gasteiger partial charge in [-0.2, -0.15) is 0 Å². The molecule has 100 valence electrons. The van der Waals surface area contributed by atoms with E-state index in [4.69, 9.17) is 22.4 Å². The second-order valence-corrected chi connectivity index (χ2v) is 5.09. The van der Waals surface area contributed by atoms with Crippen LogP contribution in [0.4, 0.5) is 15.8 Å². The van der Waals surface area contributed by atoms with E-state index in [9.17, 15) is 4.39 Å². The van der Waals surface area contributed by atoms with E-state index in [0.717, 1.165) is 18.5 Å². The molecule has 3 N–H and O–H groups in total. The van der Waals surface area contributed by atoms with Crippen molar-refractivity contribution in [1.82, 2.24) is 0 Å². The molecule has 18 heavy (non-hydrogen) atoms. The van der Waals surface area contributed by atoms with Crippen LogP contribution >= 0.6 is 11.6 Å². The molecule has 0 spiro atoms. The Labute approximate surface area is 111 Å². The molecule has 5 heteroatoms. The highest BCUT2D eigenvalue weighted by molar-refractivity contribution is 6.31. The molecule has 0 aliphatic heterocycles. The molecule has 2 rings (SSSR count). The SMILES string of the molecule is Nc1cc(F)c(Cl)cc1N(CCCO)C1CCC1. The van der Waals surface area contributed by atoms with Crippen LogP contribution in [0.2, 0.25) is 5.02 Å². The van der Waals surface area contributed by atoms with E-state index in [-0.39, 0.29) is 11.6 Å². The number of rotatable bonds is 5. The first kappa shape index (κ1) is 13.4. The minimum Gasteiger partial charge on any atom is -0.397 e. The van der Waals surface area contributed by atoms with E-state index in [1.54, 1.807) is 6.07 Å². The Morgan fingerprint density at radius 2 is 2.17 bits per heavy atom. The van der Waals surface area contributed by atoms with Gasteiger partial charge in [0.15, 0.2) is 0 Å². The minimum atomic E-state index is -0.492. The van der Waals surface area contributed by atoms with E-state index in [0.29, 0.717) is 24.7 Å². The van der Waals surface area contributed by atoms with Gasteiger partial charge in [0.05, 0.1) is 16.4 Å². The highest BCUT2D eigenvalue weighted by Gasteiger charge is 2.26. The number of nitrogens with two attached hydrogens (primary N) is 1. The highest BCUT2D eigenvalue weighted by Crippen LogP contribution is 2.35. The van der Waals surface area contributed by atoms with Gasteiger partial charge in [0, 0.05) is 25.3 Å². The third kappa shape index (κ3) is 2.70. The second kappa shape index (κ2) is 5.76. The molecule has 0 radical (unpaired) electrons. The monoisotopic (exact) mass is 272 g/mol. The van der Waals surface area contributed by atoms with E-state index in [2.05, 4.69) is 4.90 Å². The highest BCUT2D eigenvalue weighted by atomic mass is 35.5. The molecule has 1 fully saturated rings. The van der Waals surface area contributed by atoms with Gasteiger partial charge in [-0.3, -0.25) is 0 Å². The first-order chi connectivity index (χ1) is 8.63. The van der Waals surface area contributed by atoms with E-state index < -0.39 is 5.82 Å². The van der Waals surface area contributed by atoms with Crippen molar-refractivity contribution in [3.05, 3.63) is 23.0 Å². The van der Waals surface area contributed by atoms with Crippen molar-refractivity contribution >= 4 is 23.0 Å². The molecular formula is C13H18ClFN2O. The lowest BCUT2D eigenvalue weighted by atomic mass is 9.90. The summed E-state index contributed by atoms with van der Waals surface area (Å²) in [4.78, 5) is 2.14. The number of halogens is 2. The maximum Gasteiger partial charge on any atom is 0.143 e. The fourth-order valence-corrected chi connectivity index (χ4v) is 2.40. The topological polar surface area (TPSA) is 49.5 Å². The fourth-order valence-electron chi connectivity index (χ4n) is 2.24. The molecule has 1 aliphatic carbocycles. The second-order valence-electron chi connectivity index (χ2n) is 4.68. The summed E-state index contributed by atoms with van der Waals surface area (Å²) in [7, 11) is 0. The molecule has 0 saturated heterocycles. The summed E-state index contributed by atoms with van der Waals surface area (Å²) in [6.07, 6.45) is 4.10. The average Bonchev–Trinajstić information content (AvgIpc) is 2.27. The number of nitrogen functional groups attached to an aromatic ring is 1. The quantitative estimate of drug-likeness (QED) is 0.811. The van der Waals surface area contributed by atoms with Crippen LogP contribution in [-0.4, -0.2) is 24.3 Å². The molecule has 0 heterocycles. The lowest BCUT2D eigenvalue weighted by molar-refractivity contribution is 0.283. The Bertz CT molecular complexity index is 424. The van der Waals surface area contributed by atoms with Crippen molar-refractivity contribution in [3.8, 4) is 0 Å². The number of benzene rings is 1. The number of anilines is 2. The first-order valence-corrected chi connectivity index (χ1v) is 6.63. The zero-order chi connectivity index (χ0) is 13.1. The standard InChI is InChI=1S/C13H18ClFN2O/c14-10-7-13(12(16)8-11(10)15)17(5-2-6-18)9-3-1-4-9/h7-9,18H,1-6,16H2. The largest absolute Gasteiger partial charge is 0.397 e. The van der Waals surface area contributed by atoms with Gasteiger partial charge in [-0.1, -0.05) is 11.6 Å². The summed E-state index contributed by atoms with van der Waals surface area (Å²) in [5, 5.41) is 9.05. The Balaban J connectivity index is 2.25. The number of nitrogens with zero attached hydrogens (tertiary/aromatic N) is 1. The number of aliphatic hydroxyl groups excluding tert-OH is 1. The lowest BCUT2D eigenvalue weighted by Gasteiger charge is -2.40. The molecule has 1 aromatic rings. The number of aliphatic hydroxyl groups is 1. The molecule has 0 amide bonds. The zero-order valence-corrected chi connectivity index (χ0v) is 11.0. The zero-order valence-electron chi connectivity index (χ0n) is 10.2. The van der Waals surface area contributed by atoms with Gasteiger partial charge in [-0.15, -0.1) is 0 Å². The summed E-state index contributed by atoms with van der Waals surface area (Å²) < 4.78 is 13.3. The molecule has 0 aromatic heterocycles. The van der Waals surface area contributed by atoms with Gasteiger partial charge in [0.25, 0.3) is 0 Å². The average molecular weight is 273 g/mol. The smallest absolute Gasteiger partial charge is 0.143 e. The number of hydrogen-bond acceptors (Lipinski definition) is 3. The summed E-state index contributed by atoms with van der Waals surface area (Å²) in [5.41, 5.74) is 7.06. The van der Waals surface area contributed by atoms with Crippen molar-refractivity contribution < 1.29 is 9.50 Å². The van der Waals surface area contributed by atoms with Crippen molar-refractivity contribution in [2.75, 3.05) is 23.8 Å². The van der Waals surface area contributed by atoms with E-state index in [1.807, 2.05) is 0 Å². The summed E-state index contributed by atoms with van der Waals surface area (Å²) in [5.74, 6) is -0.492. The van der Waals surface area contributed by atoms with Crippen LogP contribution in [-0.2, 0) is 0 Å². The Kier molecular flexibility index (Phi) is 4.30. The van der Waals surface area contributed by atoms with Crippen molar-refractivity contribution in [3.63, 3.8) is 0 Å². The summed E-state index contributed by atoms with van der Waals surface area (Å²) >= 11 is 5.82. The van der Waals surface area contributed by atoms with Crippen molar-refractivity contribution in [2.45, 2.75) is 31.7 Å². The van der Waals surface area contributed by atoms with Crippen LogP contribution in [0.1, 0.15) is 25.7 Å². The number of hydrogen-bond donors (Lipinski definition) is 2. The summed E-state index contributed by atoms with van der Waals surface area (Å²) in [6.45, 7) is 0.853. The van der Waals surface area contributed by atoms with Crippen LogP contribution in [0, 0.1) is 5.82 Å². The Morgan fingerprint density at radius 3 is 2.72 bits per heavy atom. The van der Waals surface area contributed by atoms with Gasteiger partial charge in [0.2, 0.25) is 0 Å². The predicted octanol–water partition coefficient (Wildman–Crippen LogP) is 2.80. The van der Waals surface area contributed by atoms with Crippen molar-refractivity contribution in [2.24, 2.45) is 0 Å².